The average Bonchev–Trinajstić information content (AvgIpc) is 2.58. The van der Waals surface area contributed by atoms with Crippen molar-refractivity contribution >= 4 is 21.5 Å². The monoisotopic (exact) mass is 372 g/mol. The predicted molar refractivity (Wildman–Crippen MR) is 64.5 cm³/mol. The zero-order valence-corrected chi connectivity index (χ0v) is 11.3. The Balaban J connectivity index is 2.81. The van der Waals surface area contributed by atoms with Crippen molar-refractivity contribution in [3.63, 3.8) is 0 Å². The molecule has 2 nitrogen and oxygen atoms in total. The van der Waals surface area contributed by atoms with E-state index in [9.17, 15) is 44.8 Å². The van der Waals surface area contributed by atoms with Crippen LogP contribution in [-0.2, 0) is 0 Å². The number of halogens is 9. The molecule has 0 atom stereocenters. The number of phenols is 1. The number of benzene rings is 3. The highest BCUT2D eigenvalue weighted by atomic mass is 19.3. The third kappa shape index (κ3) is 1.94. The first-order valence-electron chi connectivity index (χ1n) is 6.09. The van der Waals surface area contributed by atoms with Gasteiger partial charge in [0.25, 0.3) is 0 Å². The minimum absolute atomic E-state index is 1.70. The van der Waals surface area contributed by atoms with Crippen molar-refractivity contribution < 1.29 is 49.7 Å². The third-order valence-corrected chi connectivity index (χ3v) is 3.54. The maximum atomic E-state index is 14.4. The number of hydrogen-bond donors (Lipinski definition) is 1. The fourth-order valence-electron chi connectivity index (χ4n) is 2.44. The molecule has 3 aromatic carbocycles. The van der Waals surface area contributed by atoms with Crippen molar-refractivity contribution in [2.75, 3.05) is 0 Å². The molecule has 0 amide bonds. The van der Waals surface area contributed by atoms with Gasteiger partial charge in [0.2, 0.25) is 17.4 Å². The van der Waals surface area contributed by atoms with Gasteiger partial charge in [0.05, 0.1) is 21.5 Å². The van der Waals surface area contributed by atoms with Crippen LogP contribution in [0, 0.1) is 46.5 Å². The van der Waals surface area contributed by atoms with Gasteiger partial charge < -0.3 is 5.11 Å². The summed E-state index contributed by atoms with van der Waals surface area (Å²) in [7, 11) is 0. The lowest BCUT2D eigenvalue weighted by Gasteiger charge is -2.13. The second-order valence-electron chi connectivity index (χ2n) is 4.77. The second kappa shape index (κ2) is 5.33. The normalized spacial score (nSPS) is 11.6. The van der Waals surface area contributed by atoms with Crippen molar-refractivity contribution in [3.05, 3.63) is 46.5 Å². The van der Waals surface area contributed by atoms with E-state index < -0.39 is 79.6 Å². The molecule has 0 fully saturated rings. The number of hydrogen-bond acceptors (Lipinski definition) is 2. The summed E-state index contributed by atoms with van der Waals surface area (Å²) in [6.45, 7) is 0. The fourth-order valence-corrected chi connectivity index (χ4v) is 2.44. The van der Waals surface area contributed by atoms with E-state index in [1.807, 2.05) is 0 Å². The fraction of sp³-hybridized carbons (Fsp3) is 0. The molecular formula is C14HF9O2. The standard InChI is InChI=1S/C14HF9O2/c15-5-2-4(14(25-23)12(22)10(20)8(2)18)6(16)1-3(5)13(24)11(21)9(19)7(1)17/h24H. The molecule has 0 aromatic heterocycles. The van der Waals surface area contributed by atoms with Gasteiger partial charge >= 0.3 is 0 Å². The Labute approximate surface area is 130 Å². The van der Waals surface area contributed by atoms with Gasteiger partial charge in [0.1, 0.15) is 11.6 Å². The van der Waals surface area contributed by atoms with E-state index >= 15 is 0 Å². The molecule has 0 bridgehead atoms. The first-order valence-corrected chi connectivity index (χ1v) is 6.09. The molecule has 3 rings (SSSR count). The summed E-state index contributed by atoms with van der Waals surface area (Å²) in [5.41, 5.74) is 0. The molecule has 1 N–H and O–H groups in total. The van der Waals surface area contributed by atoms with Gasteiger partial charge in [-0.15, -0.1) is 0 Å². The van der Waals surface area contributed by atoms with Crippen LogP contribution in [0.1, 0.15) is 0 Å². The first kappa shape index (κ1) is 17.0. The lowest BCUT2D eigenvalue weighted by Crippen LogP contribution is -2.04. The lowest BCUT2D eigenvalue weighted by molar-refractivity contribution is -0.00963. The Morgan fingerprint density at radius 3 is 1.44 bits per heavy atom. The predicted octanol–water partition coefficient (Wildman–Crippen LogP) is 5.07. The minimum atomic E-state index is -2.49. The summed E-state index contributed by atoms with van der Waals surface area (Å²) in [6.07, 6.45) is 0. The topological polar surface area (TPSA) is 29.5 Å². The van der Waals surface area contributed by atoms with Gasteiger partial charge in [-0.25, -0.2) is 26.3 Å². The minimum Gasteiger partial charge on any atom is -0.504 e. The highest BCUT2D eigenvalue weighted by molar-refractivity contribution is 6.05. The summed E-state index contributed by atoms with van der Waals surface area (Å²) in [5, 5.41) is 2.34. The third-order valence-electron chi connectivity index (χ3n) is 3.54. The Bertz CT molecular complexity index is 1080. The summed E-state index contributed by atoms with van der Waals surface area (Å²) >= 11 is 0. The molecule has 0 heterocycles. The van der Waals surface area contributed by atoms with Crippen molar-refractivity contribution in [3.8, 4) is 11.5 Å². The highest BCUT2D eigenvalue weighted by Gasteiger charge is 2.33. The Kier molecular flexibility index (Phi) is 3.62. The molecule has 0 saturated carbocycles. The molecule has 132 valence electrons. The average molecular weight is 372 g/mol. The van der Waals surface area contributed by atoms with Crippen LogP contribution in [0.4, 0.5) is 39.6 Å². The maximum Gasteiger partial charge on any atom is 0.221 e. The quantitative estimate of drug-likeness (QED) is 0.367. The zero-order valence-electron chi connectivity index (χ0n) is 11.3. The maximum absolute atomic E-state index is 14.4. The van der Waals surface area contributed by atoms with E-state index in [4.69, 9.17) is 0 Å². The van der Waals surface area contributed by atoms with Gasteiger partial charge in [-0.05, 0) is 0 Å². The summed E-state index contributed by atoms with van der Waals surface area (Å²) in [6, 6.07) is 0. The summed E-state index contributed by atoms with van der Waals surface area (Å²) < 4.78 is 122. The van der Waals surface area contributed by atoms with E-state index in [0.29, 0.717) is 0 Å². The largest absolute Gasteiger partial charge is 0.504 e. The molecule has 0 spiro atoms. The van der Waals surface area contributed by atoms with Gasteiger partial charge in [0.15, 0.2) is 29.0 Å². The molecule has 3 aromatic rings. The zero-order chi connectivity index (χ0) is 18.8. The van der Waals surface area contributed by atoms with Crippen LogP contribution >= 0.6 is 0 Å². The summed E-state index contributed by atoms with van der Waals surface area (Å²) in [4.78, 5) is 2.86. The SMILES string of the molecule is Oc1c(F)c(F)c(F)c2c(F)c3c(OF)c(F)c(F)c(F)c3c(F)c12. The van der Waals surface area contributed by atoms with Crippen molar-refractivity contribution in [1.29, 1.82) is 0 Å². The second-order valence-corrected chi connectivity index (χ2v) is 4.77. The number of fused-ring (bicyclic) bond motifs is 2. The van der Waals surface area contributed by atoms with E-state index in [1.165, 1.54) is 0 Å². The van der Waals surface area contributed by atoms with Gasteiger partial charge in [-0.1, -0.05) is 0 Å². The van der Waals surface area contributed by atoms with Crippen LogP contribution in [0.5, 0.6) is 11.5 Å². The number of rotatable bonds is 1. The van der Waals surface area contributed by atoms with E-state index in [-0.39, 0.29) is 0 Å². The molecule has 0 radical (unpaired) electrons. The molecule has 0 unspecified atom stereocenters. The molecule has 0 aliphatic rings. The van der Waals surface area contributed by atoms with Crippen LogP contribution < -0.4 is 4.94 Å². The number of phenolic OH excluding ortho intramolecular Hbond substituents is 1. The van der Waals surface area contributed by atoms with Gasteiger partial charge in [-0.2, -0.15) is 8.78 Å². The Hall–Kier alpha value is -2.85. The summed E-state index contributed by atoms with van der Waals surface area (Å²) in [5.74, 6) is -22.8. The van der Waals surface area contributed by atoms with Gasteiger partial charge in [0, 0.05) is 4.53 Å². The Morgan fingerprint density at radius 2 is 0.920 bits per heavy atom. The van der Waals surface area contributed by atoms with E-state index in [0.717, 1.165) is 0 Å². The van der Waals surface area contributed by atoms with Crippen LogP contribution in [-0.4, -0.2) is 5.11 Å². The van der Waals surface area contributed by atoms with Crippen molar-refractivity contribution in [2.24, 2.45) is 0 Å². The number of aromatic hydroxyl groups is 1. The lowest BCUT2D eigenvalue weighted by atomic mass is 9.98. The van der Waals surface area contributed by atoms with Crippen molar-refractivity contribution in [1.82, 2.24) is 0 Å². The van der Waals surface area contributed by atoms with Crippen LogP contribution in [0.2, 0.25) is 0 Å². The highest BCUT2D eigenvalue weighted by Crippen LogP contribution is 2.44. The van der Waals surface area contributed by atoms with Crippen molar-refractivity contribution in [2.45, 2.75) is 0 Å². The molecule has 25 heavy (non-hydrogen) atoms. The van der Waals surface area contributed by atoms with Gasteiger partial charge in [-0.3, -0.25) is 4.94 Å². The van der Waals surface area contributed by atoms with Crippen LogP contribution in [0.25, 0.3) is 21.5 Å². The first-order chi connectivity index (χ1) is 11.6. The molecule has 0 aliphatic carbocycles. The molecular weight excluding hydrogens is 371 g/mol. The van der Waals surface area contributed by atoms with E-state index in [2.05, 4.69) is 4.94 Å². The van der Waals surface area contributed by atoms with E-state index in [1.54, 1.807) is 0 Å². The smallest absolute Gasteiger partial charge is 0.221 e. The molecule has 11 heteroatoms. The van der Waals surface area contributed by atoms with Crippen LogP contribution in [0.3, 0.4) is 0 Å². The van der Waals surface area contributed by atoms with Crippen LogP contribution in [0.15, 0.2) is 0 Å². The molecule has 0 aliphatic heterocycles. The Morgan fingerprint density at radius 1 is 0.480 bits per heavy atom. The molecule has 0 saturated heterocycles.